The predicted octanol–water partition coefficient (Wildman–Crippen LogP) is 4.09. The number of aryl methyl sites for hydroxylation is 1. The molecule has 26 heavy (non-hydrogen) atoms. The summed E-state index contributed by atoms with van der Waals surface area (Å²) in [5, 5.41) is 7.36. The first-order valence-corrected chi connectivity index (χ1v) is 11.0. The highest BCUT2D eigenvalue weighted by molar-refractivity contribution is 7.98. The third-order valence-electron chi connectivity index (χ3n) is 6.28. The van der Waals surface area contributed by atoms with E-state index in [4.69, 9.17) is 0 Å². The summed E-state index contributed by atoms with van der Waals surface area (Å²) >= 11 is 1.83. The lowest BCUT2D eigenvalue weighted by Gasteiger charge is -2.42. The molecule has 3 aliphatic rings. The molecule has 2 N–H and O–H groups in total. The van der Waals surface area contributed by atoms with E-state index in [1.54, 1.807) is 16.8 Å². The van der Waals surface area contributed by atoms with Gasteiger partial charge in [-0.2, -0.15) is 0 Å². The van der Waals surface area contributed by atoms with E-state index >= 15 is 0 Å². The molecule has 2 aromatic rings. The number of hydrogen-bond acceptors (Lipinski definition) is 4. The zero-order chi connectivity index (χ0) is 17.5. The third-order valence-corrected chi connectivity index (χ3v) is 7.12. The highest BCUT2D eigenvalue weighted by Crippen LogP contribution is 2.45. The molecule has 2 unspecified atom stereocenters. The van der Waals surface area contributed by atoms with E-state index in [1.807, 2.05) is 11.8 Å². The Morgan fingerprint density at radius 1 is 1.23 bits per heavy atom. The average Bonchev–Trinajstić information content (AvgIpc) is 3.15. The maximum Gasteiger partial charge on any atom is 0.0436 e. The lowest BCUT2D eigenvalue weighted by molar-refractivity contribution is 0.470. The van der Waals surface area contributed by atoms with Crippen molar-refractivity contribution in [1.29, 1.82) is 0 Å². The number of rotatable bonds is 4. The summed E-state index contributed by atoms with van der Waals surface area (Å²) in [7, 11) is 0. The topological polar surface area (TPSA) is 27.3 Å². The second kappa shape index (κ2) is 6.82. The Morgan fingerprint density at radius 2 is 2.15 bits per heavy atom. The van der Waals surface area contributed by atoms with Gasteiger partial charge in [0.1, 0.15) is 0 Å². The summed E-state index contributed by atoms with van der Waals surface area (Å²) in [6, 6.07) is 13.6. The molecule has 136 valence electrons. The molecule has 2 aromatic carbocycles. The highest BCUT2D eigenvalue weighted by atomic mass is 32.2. The largest absolute Gasteiger partial charge is 0.381 e. The van der Waals surface area contributed by atoms with Crippen LogP contribution in [0.2, 0.25) is 0 Å². The summed E-state index contributed by atoms with van der Waals surface area (Å²) < 4.78 is 0. The monoisotopic (exact) mass is 365 g/mol. The molecule has 0 amide bonds. The molecule has 0 radical (unpaired) electrons. The second-order valence-electron chi connectivity index (χ2n) is 7.81. The first kappa shape index (κ1) is 16.5. The van der Waals surface area contributed by atoms with Crippen molar-refractivity contribution in [2.24, 2.45) is 5.92 Å². The van der Waals surface area contributed by atoms with Crippen LogP contribution in [0.15, 0.2) is 41.3 Å². The third kappa shape index (κ3) is 2.80. The van der Waals surface area contributed by atoms with E-state index in [2.05, 4.69) is 58.2 Å². The van der Waals surface area contributed by atoms with E-state index in [1.165, 1.54) is 48.6 Å². The van der Waals surface area contributed by atoms with Crippen molar-refractivity contribution >= 4 is 23.1 Å². The number of thioether (sulfide) groups is 1. The molecule has 3 nitrogen and oxygen atoms in total. The summed E-state index contributed by atoms with van der Waals surface area (Å²) in [6.07, 6.45) is 4.67. The first-order valence-electron chi connectivity index (χ1n) is 9.82. The minimum Gasteiger partial charge on any atom is -0.381 e. The Hall–Kier alpha value is -1.65. The molecule has 5 rings (SSSR count). The number of fused-ring (bicyclic) bond motifs is 2. The van der Waals surface area contributed by atoms with Gasteiger partial charge in [0.05, 0.1) is 0 Å². The molecule has 0 aliphatic carbocycles. The summed E-state index contributed by atoms with van der Waals surface area (Å²) in [6.45, 7) is 5.69. The number of benzene rings is 2. The highest BCUT2D eigenvalue weighted by Gasteiger charge is 2.38. The summed E-state index contributed by atoms with van der Waals surface area (Å²) in [5.41, 5.74) is 7.39. The molecule has 0 spiro atoms. The SMILES string of the molecule is CSc1ccccc1CNc1cc2c3c(c1)C1CNCC1CN3CCC2. The van der Waals surface area contributed by atoms with Crippen molar-refractivity contribution in [3.05, 3.63) is 53.1 Å². The van der Waals surface area contributed by atoms with Crippen molar-refractivity contribution in [2.75, 3.05) is 42.7 Å². The van der Waals surface area contributed by atoms with Gasteiger partial charge in [0.25, 0.3) is 0 Å². The summed E-state index contributed by atoms with van der Waals surface area (Å²) in [5.74, 6) is 1.47. The van der Waals surface area contributed by atoms with Gasteiger partial charge in [-0.15, -0.1) is 11.8 Å². The van der Waals surface area contributed by atoms with E-state index < -0.39 is 0 Å². The van der Waals surface area contributed by atoms with Gasteiger partial charge in [-0.1, -0.05) is 18.2 Å². The maximum atomic E-state index is 3.73. The Balaban J connectivity index is 1.46. The van der Waals surface area contributed by atoms with Crippen LogP contribution in [0, 0.1) is 5.92 Å². The Bertz CT molecular complexity index is 819. The van der Waals surface area contributed by atoms with Gasteiger partial charge in [-0.3, -0.25) is 0 Å². The average molecular weight is 366 g/mol. The maximum absolute atomic E-state index is 3.73. The smallest absolute Gasteiger partial charge is 0.0436 e. The second-order valence-corrected chi connectivity index (χ2v) is 8.66. The minimum atomic E-state index is 0.693. The fourth-order valence-corrected chi connectivity index (χ4v) is 5.67. The standard InChI is InChI=1S/C22H27N3S/c1-26-21-7-3-2-5-16(21)12-24-18-9-15-6-4-8-25-14-17-11-23-13-20(17)19(10-18)22(15)25/h2-3,5,7,9-10,17,20,23-24H,4,6,8,11-14H2,1H3. The van der Waals surface area contributed by atoms with Crippen LogP contribution in [0.25, 0.3) is 0 Å². The van der Waals surface area contributed by atoms with Crippen molar-refractivity contribution in [3.63, 3.8) is 0 Å². The molecule has 0 saturated carbocycles. The van der Waals surface area contributed by atoms with Gasteiger partial charge in [-0.05, 0) is 59.9 Å². The van der Waals surface area contributed by atoms with Crippen LogP contribution in [0.3, 0.4) is 0 Å². The Morgan fingerprint density at radius 3 is 3.08 bits per heavy atom. The van der Waals surface area contributed by atoms with Crippen LogP contribution in [-0.4, -0.2) is 32.4 Å². The van der Waals surface area contributed by atoms with Crippen molar-refractivity contribution in [2.45, 2.75) is 30.2 Å². The molecule has 0 aromatic heterocycles. The van der Waals surface area contributed by atoms with E-state index in [0.717, 1.165) is 19.0 Å². The zero-order valence-electron chi connectivity index (χ0n) is 15.4. The van der Waals surface area contributed by atoms with Crippen molar-refractivity contribution < 1.29 is 0 Å². The number of nitrogens with one attached hydrogen (secondary N) is 2. The van der Waals surface area contributed by atoms with Crippen LogP contribution in [0.4, 0.5) is 11.4 Å². The number of anilines is 2. The zero-order valence-corrected chi connectivity index (χ0v) is 16.2. The van der Waals surface area contributed by atoms with Crippen LogP contribution >= 0.6 is 11.8 Å². The van der Waals surface area contributed by atoms with Crippen LogP contribution in [0.1, 0.15) is 29.0 Å². The van der Waals surface area contributed by atoms with Gasteiger partial charge in [0, 0.05) is 54.9 Å². The van der Waals surface area contributed by atoms with Crippen LogP contribution < -0.4 is 15.5 Å². The number of nitrogens with zero attached hydrogens (tertiary/aromatic N) is 1. The van der Waals surface area contributed by atoms with Crippen molar-refractivity contribution in [1.82, 2.24) is 5.32 Å². The lowest BCUT2D eigenvalue weighted by Crippen LogP contribution is -2.41. The molecular formula is C22H27N3S. The molecule has 3 aliphatic heterocycles. The molecule has 0 bridgehead atoms. The molecule has 1 saturated heterocycles. The van der Waals surface area contributed by atoms with Gasteiger partial charge >= 0.3 is 0 Å². The normalized spacial score (nSPS) is 23.5. The lowest BCUT2D eigenvalue weighted by atomic mass is 9.80. The fourth-order valence-electron chi connectivity index (χ4n) is 5.05. The van der Waals surface area contributed by atoms with Gasteiger partial charge in [0.2, 0.25) is 0 Å². The van der Waals surface area contributed by atoms with Gasteiger partial charge in [0.15, 0.2) is 0 Å². The van der Waals surface area contributed by atoms with Crippen LogP contribution in [-0.2, 0) is 13.0 Å². The molecule has 3 heterocycles. The van der Waals surface area contributed by atoms with Gasteiger partial charge in [-0.25, -0.2) is 0 Å². The predicted molar refractivity (Wildman–Crippen MR) is 112 cm³/mol. The van der Waals surface area contributed by atoms with Crippen molar-refractivity contribution in [3.8, 4) is 0 Å². The summed E-state index contributed by atoms with van der Waals surface area (Å²) in [4.78, 5) is 4.03. The van der Waals surface area contributed by atoms with E-state index in [0.29, 0.717) is 5.92 Å². The van der Waals surface area contributed by atoms with Crippen LogP contribution in [0.5, 0.6) is 0 Å². The van der Waals surface area contributed by atoms with E-state index in [-0.39, 0.29) is 0 Å². The molecule has 1 fully saturated rings. The minimum absolute atomic E-state index is 0.693. The van der Waals surface area contributed by atoms with Gasteiger partial charge < -0.3 is 15.5 Å². The Kier molecular flexibility index (Phi) is 4.33. The quantitative estimate of drug-likeness (QED) is 0.798. The first-order chi connectivity index (χ1) is 12.8. The molecular weight excluding hydrogens is 338 g/mol. The fraction of sp³-hybridized carbons (Fsp3) is 0.455. The molecule has 4 heteroatoms. The molecule has 2 atom stereocenters. The van der Waals surface area contributed by atoms with E-state index in [9.17, 15) is 0 Å². The number of hydrogen-bond donors (Lipinski definition) is 2. The Labute approximate surface area is 160 Å².